The minimum absolute atomic E-state index is 0.0316. The molecule has 0 bridgehead atoms. The van der Waals surface area contributed by atoms with E-state index < -0.39 is 10.0 Å². The molecule has 1 aromatic carbocycles. The molecule has 1 aliphatic rings. The Balaban J connectivity index is 2.15. The zero-order chi connectivity index (χ0) is 14.8. The molecular weight excluding hydrogens is 280 g/mol. The van der Waals surface area contributed by atoms with Crippen LogP contribution in [0.5, 0.6) is 0 Å². The van der Waals surface area contributed by atoms with Crippen molar-refractivity contribution in [3.05, 3.63) is 23.8 Å². The first-order valence-corrected chi connectivity index (χ1v) is 7.93. The van der Waals surface area contributed by atoms with Gasteiger partial charge in [-0.05, 0) is 36.6 Å². The number of benzene rings is 1. The van der Waals surface area contributed by atoms with Crippen molar-refractivity contribution in [3.63, 3.8) is 0 Å². The van der Waals surface area contributed by atoms with Crippen LogP contribution in [0.1, 0.15) is 18.4 Å². The maximum atomic E-state index is 12.1. The van der Waals surface area contributed by atoms with Gasteiger partial charge in [0.05, 0.1) is 4.90 Å². The van der Waals surface area contributed by atoms with Crippen molar-refractivity contribution in [3.8, 4) is 0 Å². The fourth-order valence-corrected chi connectivity index (χ4v) is 2.88. The van der Waals surface area contributed by atoms with Crippen molar-refractivity contribution < 1.29 is 17.9 Å². The number of methoxy groups -OCH3 is 1. The predicted molar refractivity (Wildman–Crippen MR) is 75.0 cm³/mol. The molecule has 0 fully saturated rings. The molecule has 0 atom stereocenters. The quantitative estimate of drug-likeness (QED) is 0.808. The van der Waals surface area contributed by atoms with Gasteiger partial charge in [-0.25, -0.2) is 13.6 Å². The highest BCUT2D eigenvalue weighted by atomic mass is 32.2. The highest BCUT2D eigenvalue weighted by Gasteiger charge is 2.25. The number of nitrogens with two attached hydrogens (primary N) is 1. The number of rotatable bonds is 5. The van der Waals surface area contributed by atoms with Crippen LogP contribution >= 0.6 is 0 Å². The normalized spacial score (nSPS) is 14.4. The summed E-state index contributed by atoms with van der Waals surface area (Å²) in [7, 11) is -2.10. The molecule has 0 saturated carbocycles. The standard InChI is InChI=1S/C13H18N2O4S/c1-19-8-2-3-13(16)15-7-6-10-9-11(20(14,17)18)4-5-12(10)15/h4-5,9H,2-3,6-8H2,1H3,(H2,14,17,18). The molecule has 0 spiro atoms. The predicted octanol–water partition coefficient (Wildman–Crippen LogP) is 0.650. The minimum Gasteiger partial charge on any atom is -0.385 e. The molecule has 0 saturated heterocycles. The van der Waals surface area contributed by atoms with Crippen molar-refractivity contribution in [1.82, 2.24) is 0 Å². The maximum Gasteiger partial charge on any atom is 0.238 e. The summed E-state index contributed by atoms with van der Waals surface area (Å²) in [4.78, 5) is 13.9. The lowest BCUT2D eigenvalue weighted by molar-refractivity contribution is -0.118. The van der Waals surface area contributed by atoms with Crippen LogP contribution in [0, 0.1) is 0 Å². The summed E-state index contributed by atoms with van der Waals surface area (Å²) in [6.07, 6.45) is 1.75. The van der Waals surface area contributed by atoms with Gasteiger partial charge in [-0.2, -0.15) is 0 Å². The summed E-state index contributed by atoms with van der Waals surface area (Å²) < 4.78 is 27.5. The third-order valence-electron chi connectivity index (χ3n) is 3.32. The lowest BCUT2D eigenvalue weighted by Gasteiger charge is -2.17. The Morgan fingerprint density at radius 2 is 2.20 bits per heavy atom. The Morgan fingerprint density at radius 1 is 1.45 bits per heavy atom. The molecule has 0 unspecified atom stereocenters. The third-order valence-corrected chi connectivity index (χ3v) is 4.23. The summed E-state index contributed by atoms with van der Waals surface area (Å²) in [6, 6.07) is 4.64. The van der Waals surface area contributed by atoms with Gasteiger partial charge in [-0.1, -0.05) is 0 Å². The van der Waals surface area contributed by atoms with E-state index >= 15 is 0 Å². The molecule has 20 heavy (non-hydrogen) atoms. The fourth-order valence-electron chi connectivity index (χ4n) is 2.32. The van der Waals surface area contributed by atoms with Gasteiger partial charge in [0, 0.05) is 32.4 Å². The summed E-state index contributed by atoms with van der Waals surface area (Å²) in [5, 5.41) is 5.10. The highest BCUT2D eigenvalue weighted by Crippen LogP contribution is 2.30. The molecule has 1 aliphatic heterocycles. The molecule has 0 aliphatic carbocycles. The molecule has 2 N–H and O–H groups in total. The number of hydrogen-bond donors (Lipinski definition) is 1. The molecule has 6 nitrogen and oxygen atoms in total. The number of anilines is 1. The number of ether oxygens (including phenoxy) is 1. The monoisotopic (exact) mass is 298 g/mol. The second kappa shape index (κ2) is 5.90. The molecule has 0 aromatic heterocycles. The van der Waals surface area contributed by atoms with Crippen molar-refractivity contribution >= 4 is 21.6 Å². The SMILES string of the molecule is COCCCC(=O)N1CCc2cc(S(N)(=O)=O)ccc21. The summed E-state index contributed by atoms with van der Waals surface area (Å²) in [5.74, 6) is 0.0316. The topological polar surface area (TPSA) is 89.7 Å². The molecule has 2 rings (SSSR count). The van der Waals surface area contributed by atoms with Crippen molar-refractivity contribution in [2.45, 2.75) is 24.2 Å². The molecule has 1 heterocycles. The molecule has 110 valence electrons. The number of nitrogens with zero attached hydrogens (tertiary/aromatic N) is 1. The van der Waals surface area contributed by atoms with E-state index in [4.69, 9.17) is 9.88 Å². The first-order valence-electron chi connectivity index (χ1n) is 6.38. The average Bonchev–Trinajstić information content (AvgIpc) is 2.80. The summed E-state index contributed by atoms with van der Waals surface area (Å²) in [6.45, 7) is 1.13. The Hall–Kier alpha value is -1.44. The summed E-state index contributed by atoms with van der Waals surface area (Å²) >= 11 is 0. The lowest BCUT2D eigenvalue weighted by Crippen LogP contribution is -2.28. The van der Waals surface area contributed by atoms with E-state index in [9.17, 15) is 13.2 Å². The Kier molecular flexibility index (Phi) is 4.42. The molecule has 7 heteroatoms. The van der Waals surface area contributed by atoms with Gasteiger partial charge < -0.3 is 9.64 Å². The van der Waals surface area contributed by atoms with Crippen molar-refractivity contribution in [1.29, 1.82) is 0 Å². The van der Waals surface area contributed by atoms with Crippen LogP contribution in [0.25, 0.3) is 0 Å². The molecule has 1 aromatic rings. The Labute approximate surface area is 118 Å². The van der Waals surface area contributed by atoms with E-state index in [0.29, 0.717) is 32.4 Å². The van der Waals surface area contributed by atoms with Crippen LogP contribution in [0.3, 0.4) is 0 Å². The van der Waals surface area contributed by atoms with Gasteiger partial charge in [0.1, 0.15) is 0 Å². The average molecular weight is 298 g/mol. The molecule has 0 radical (unpaired) electrons. The number of fused-ring (bicyclic) bond motifs is 1. The number of sulfonamides is 1. The van der Waals surface area contributed by atoms with Crippen LogP contribution in [0.15, 0.2) is 23.1 Å². The van der Waals surface area contributed by atoms with Gasteiger partial charge in [0.15, 0.2) is 0 Å². The van der Waals surface area contributed by atoms with Gasteiger partial charge in [-0.3, -0.25) is 4.79 Å². The molecular formula is C13H18N2O4S. The zero-order valence-electron chi connectivity index (χ0n) is 11.3. The zero-order valence-corrected chi connectivity index (χ0v) is 12.1. The van der Waals surface area contributed by atoms with E-state index in [2.05, 4.69) is 0 Å². The van der Waals surface area contributed by atoms with E-state index in [-0.39, 0.29) is 10.8 Å². The number of amides is 1. The number of carbonyl (C=O) groups is 1. The van der Waals surface area contributed by atoms with E-state index in [1.165, 1.54) is 6.07 Å². The second-order valence-corrected chi connectivity index (χ2v) is 6.29. The fraction of sp³-hybridized carbons (Fsp3) is 0.462. The smallest absolute Gasteiger partial charge is 0.238 e. The van der Waals surface area contributed by atoms with Crippen molar-refractivity contribution in [2.75, 3.05) is 25.2 Å². The number of primary sulfonamides is 1. The number of carbonyl (C=O) groups excluding carboxylic acids is 1. The van der Waals surface area contributed by atoms with Crippen LogP contribution in [0.4, 0.5) is 5.69 Å². The first-order chi connectivity index (χ1) is 9.43. The molecule has 1 amide bonds. The van der Waals surface area contributed by atoms with Crippen LogP contribution in [-0.4, -0.2) is 34.6 Å². The maximum absolute atomic E-state index is 12.1. The Morgan fingerprint density at radius 3 is 2.85 bits per heavy atom. The van der Waals surface area contributed by atoms with Crippen LogP contribution in [0.2, 0.25) is 0 Å². The van der Waals surface area contributed by atoms with Gasteiger partial charge in [-0.15, -0.1) is 0 Å². The van der Waals surface area contributed by atoms with Gasteiger partial charge in [0.25, 0.3) is 0 Å². The minimum atomic E-state index is -3.70. The van der Waals surface area contributed by atoms with Gasteiger partial charge in [0.2, 0.25) is 15.9 Å². The summed E-state index contributed by atoms with van der Waals surface area (Å²) in [5.41, 5.74) is 1.62. The van der Waals surface area contributed by atoms with Gasteiger partial charge >= 0.3 is 0 Å². The second-order valence-electron chi connectivity index (χ2n) is 4.73. The third kappa shape index (κ3) is 3.17. The van der Waals surface area contributed by atoms with E-state index in [1.54, 1.807) is 24.1 Å². The highest BCUT2D eigenvalue weighted by molar-refractivity contribution is 7.89. The van der Waals surface area contributed by atoms with Crippen molar-refractivity contribution in [2.24, 2.45) is 5.14 Å². The Bertz CT molecular complexity index is 613. The van der Waals surface area contributed by atoms with E-state index in [0.717, 1.165) is 11.3 Å². The van der Waals surface area contributed by atoms with Crippen LogP contribution < -0.4 is 10.0 Å². The lowest BCUT2D eigenvalue weighted by atomic mass is 10.2. The van der Waals surface area contributed by atoms with Crippen LogP contribution in [-0.2, 0) is 26.0 Å². The van der Waals surface area contributed by atoms with E-state index in [1.807, 2.05) is 0 Å². The largest absolute Gasteiger partial charge is 0.385 e. The number of hydrogen-bond acceptors (Lipinski definition) is 4. The first kappa shape index (κ1) is 15.0.